The summed E-state index contributed by atoms with van der Waals surface area (Å²) in [7, 11) is 0. The molecule has 0 saturated heterocycles. The highest BCUT2D eigenvalue weighted by Crippen LogP contribution is 2.57. The first kappa shape index (κ1) is 15.6. The summed E-state index contributed by atoms with van der Waals surface area (Å²) in [5.74, 6) is -7.49. The van der Waals surface area contributed by atoms with Crippen LogP contribution in [0.5, 0.6) is 0 Å². The fourth-order valence-electron chi connectivity index (χ4n) is 0.775. The summed E-state index contributed by atoms with van der Waals surface area (Å²) in [5, 5.41) is 4.25. The third kappa shape index (κ3) is 6.92. The Morgan fingerprint density at radius 1 is 1.00 bits per heavy atom. The Hall–Kier alpha value is 0.590. The number of nitrogens with one attached hydrogen (secondary N) is 2. The third-order valence-corrected chi connectivity index (χ3v) is 3.33. The van der Waals surface area contributed by atoms with Crippen LogP contribution >= 0.6 is 68.6 Å². The van der Waals surface area contributed by atoms with Crippen LogP contribution in [0.4, 0.5) is 11.8 Å². The van der Waals surface area contributed by atoms with Crippen LogP contribution in [0.2, 0.25) is 5.15 Å². The maximum atomic E-state index is 11.1. The van der Waals surface area contributed by atoms with Crippen molar-refractivity contribution in [1.29, 1.82) is 0 Å². The minimum absolute atomic E-state index is 0.0392. The second-order valence-corrected chi connectivity index (χ2v) is 12.0. The first-order valence-electron chi connectivity index (χ1n) is 3.65. The SMILES string of the molecule is O=P(Cl)(Cl)Nc1cc(Cl)nc(NP(=O)(Cl)Cl)n1. The van der Waals surface area contributed by atoms with Crippen LogP contribution in [0.25, 0.3) is 0 Å². The fraction of sp³-hybridized carbons (Fsp3) is 0. The zero-order valence-corrected chi connectivity index (χ0v) is 13.1. The molecule has 0 aliphatic heterocycles. The Morgan fingerprint density at radius 2 is 1.53 bits per heavy atom. The molecule has 0 bridgehead atoms. The van der Waals surface area contributed by atoms with E-state index in [0.29, 0.717) is 0 Å². The fourth-order valence-corrected chi connectivity index (χ4v) is 2.65. The molecule has 0 fully saturated rings. The minimum Gasteiger partial charge on any atom is -0.297 e. The van der Waals surface area contributed by atoms with E-state index in [0.717, 1.165) is 0 Å². The van der Waals surface area contributed by atoms with Gasteiger partial charge in [-0.3, -0.25) is 19.3 Å². The molecule has 0 unspecified atom stereocenters. The Morgan fingerprint density at radius 3 is 2.00 bits per heavy atom. The normalized spacial score (nSPS) is 12.3. The summed E-state index contributed by atoms with van der Waals surface area (Å²) < 4.78 is 22.1. The van der Waals surface area contributed by atoms with Crippen molar-refractivity contribution in [1.82, 2.24) is 9.97 Å². The molecule has 6 nitrogen and oxygen atoms in total. The van der Waals surface area contributed by atoms with Gasteiger partial charge < -0.3 is 0 Å². The van der Waals surface area contributed by atoms with Crippen molar-refractivity contribution in [2.75, 3.05) is 10.2 Å². The molecule has 1 heterocycles. The van der Waals surface area contributed by atoms with E-state index in [2.05, 4.69) is 20.1 Å². The molecule has 0 aromatic carbocycles. The Kier molecular flexibility index (Phi) is 5.25. The highest BCUT2D eigenvalue weighted by Gasteiger charge is 2.18. The molecular formula is C4H3Cl5N4O2P2. The molecule has 0 aliphatic carbocycles. The van der Waals surface area contributed by atoms with Gasteiger partial charge in [0.1, 0.15) is 11.0 Å². The van der Waals surface area contributed by atoms with E-state index in [1.807, 2.05) is 0 Å². The highest BCUT2D eigenvalue weighted by atomic mass is 35.9. The van der Waals surface area contributed by atoms with Crippen molar-refractivity contribution >= 4 is 80.3 Å². The van der Waals surface area contributed by atoms with E-state index in [9.17, 15) is 9.13 Å². The summed E-state index contributed by atoms with van der Waals surface area (Å²) in [6.45, 7) is 0. The van der Waals surface area contributed by atoms with Gasteiger partial charge in [-0.15, -0.1) is 0 Å². The van der Waals surface area contributed by atoms with Crippen LogP contribution < -0.4 is 10.2 Å². The molecule has 0 spiro atoms. The van der Waals surface area contributed by atoms with E-state index in [-0.39, 0.29) is 16.9 Å². The molecule has 1 aromatic rings. The Labute approximate surface area is 120 Å². The molecule has 17 heavy (non-hydrogen) atoms. The first-order valence-corrected chi connectivity index (χ1v) is 11.1. The number of hydrogen-bond donors (Lipinski definition) is 2. The Bertz CT molecular complexity index is 472. The van der Waals surface area contributed by atoms with Gasteiger partial charge in [-0.1, -0.05) is 11.6 Å². The van der Waals surface area contributed by atoms with Gasteiger partial charge in [0.05, 0.1) is 0 Å². The lowest BCUT2D eigenvalue weighted by Gasteiger charge is -2.09. The predicted octanol–water partition coefficient (Wildman–Crippen LogP) is 5.13. The second-order valence-electron chi connectivity index (χ2n) is 2.55. The average molecular weight is 378 g/mol. The van der Waals surface area contributed by atoms with E-state index >= 15 is 0 Å². The van der Waals surface area contributed by atoms with Gasteiger partial charge in [-0.05, 0) is 45.0 Å². The summed E-state index contributed by atoms with van der Waals surface area (Å²) >= 11 is 26.7. The van der Waals surface area contributed by atoms with Crippen LogP contribution in [-0.4, -0.2) is 9.97 Å². The van der Waals surface area contributed by atoms with Crippen molar-refractivity contribution in [3.63, 3.8) is 0 Å². The zero-order valence-electron chi connectivity index (χ0n) is 7.57. The van der Waals surface area contributed by atoms with Crippen LogP contribution in [-0.2, 0) is 9.13 Å². The molecule has 0 amide bonds. The number of aromatic nitrogens is 2. The first-order chi connectivity index (χ1) is 7.55. The number of halogens is 5. The van der Waals surface area contributed by atoms with E-state index < -0.39 is 12.0 Å². The molecule has 0 atom stereocenters. The standard InChI is InChI=1S/C4H3Cl5N4O2P2/c5-2-1-3(12-16(6,7)14)11-4(10-2)13-17(8,9)15/h1H,(H2,10,11,12,13,14,15). The molecular weight excluding hydrogens is 375 g/mol. The van der Waals surface area contributed by atoms with Crippen molar-refractivity contribution in [3.05, 3.63) is 11.2 Å². The van der Waals surface area contributed by atoms with Crippen LogP contribution in [0.15, 0.2) is 6.07 Å². The van der Waals surface area contributed by atoms with E-state index in [1.54, 1.807) is 0 Å². The monoisotopic (exact) mass is 376 g/mol. The lowest BCUT2D eigenvalue weighted by atomic mass is 10.6. The smallest absolute Gasteiger partial charge is 0.297 e. The molecule has 96 valence electrons. The minimum atomic E-state index is -3.63. The van der Waals surface area contributed by atoms with E-state index in [4.69, 9.17) is 56.6 Å². The summed E-state index contributed by atoms with van der Waals surface area (Å²) in [6, 6.07) is 1.21. The molecule has 1 rings (SSSR count). The van der Waals surface area contributed by atoms with Crippen molar-refractivity contribution in [3.8, 4) is 0 Å². The zero-order chi connectivity index (χ0) is 13.3. The predicted molar refractivity (Wildman–Crippen MR) is 72.9 cm³/mol. The summed E-state index contributed by atoms with van der Waals surface area (Å²) in [5.41, 5.74) is 0. The van der Waals surface area contributed by atoms with Gasteiger partial charge in [0.25, 0.3) is 0 Å². The molecule has 13 heteroatoms. The Balaban J connectivity index is 3.03. The maximum Gasteiger partial charge on any atom is 0.345 e. The number of hydrogen-bond acceptors (Lipinski definition) is 4. The quantitative estimate of drug-likeness (QED) is 0.559. The molecule has 0 radical (unpaired) electrons. The van der Waals surface area contributed by atoms with Crippen molar-refractivity contribution < 1.29 is 9.13 Å². The van der Waals surface area contributed by atoms with Gasteiger partial charge in [0.2, 0.25) is 5.95 Å². The van der Waals surface area contributed by atoms with Crippen molar-refractivity contribution in [2.45, 2.75) is 0 Å². The third-order valence-electron chi connectivity index (χ3n) is 1.17. The average Bonchev–Trinajstić information content (AvgIpc) is 1.93. The lowest BCUT2D eigenvalue weighted by molar-refractivity contribution is 0.594. The van der Waals surface area contributed by atoms with Gasteiger partial charge in [0.15, 0.2) is 0 Å². The van der Waals surface area contributed by atoms with Crippen LogP contribution in [0.3, 0.4) is 0 Å². The molecule has 0 saturated carbocycles. The summed E-state index contributed by atoms with van der Waals surface area (Å²) in [4.78, 5) is 7.34. The van der Waals surface area contributed by atoms with Crippen LogP contribution in [0.1, 0.15) is 0 Å². The highest BCUT2D eigenvalue weighted by molar-refractivity contribution is 8.09. The topological polar surface area (TPSA) is 84.0 Å². The lowest BCUT2D eigenvalue weighted by Crippen LogP contribution is -1.99. The van der Waals surface area contributed by atoms with Gasteiger partial charge in [-0.2, -0.15) is 4.98 Å². The molecule has 0 aliphatic rings. The molecule has 1 aromatic heterocycles. The van der Waals surface area contributed by atoms with E-state index in [1.165, 1.54) is 6.07 Å². The maximum absolute atomic E-state index is 11.1. The summed E-state index contributed by atoms with van der Waals surface area (Å²) in [6.07, 6.45) is 0. The number of anilines is 2. The molecule has 2 N–H and O–H groups in total. The second kappa shape index (κ2) is 5.70. The van der Waals surface area contributed by atoms with Gasteiger partial charge >= 0.3 is 12.0 Å². The largest absolute Gasteiger partial charge is 0.345 e. The van der Waals surface area contributed by atoms with Crippen molar-refractivity contribution in [2.24, 2.45) is 0 Å². The van der Waals surface area contributed by atoms with Gasteiger partial charge in [-0.25, -0.2) is 4.98 Å². The van der Waals surface area contributed by atoms with Crippen LogP contribution in [0, 0.1) is 0 Å². The number of nitrogens with zero attached hydrogens (tertiary/aromatic N) is 2. The number of rotatable bonds is 4. The van der Waals surface area contributed by atoms with Gasteiger partial charge in [0, 0.05) is 6.07 Å².